The molecule has 0 radical (unpaired) electrons. The second kappa shape index (κ2) is 7.40. The molecule has 0 bridgehead atoms. The number of piperidine rings is 1. The van der Waals surface area contributed by atoms with Gasteiger partial charge in [0.1, 0.15) is 0 Å². The Morgan fingerprint density at radius 1 is 1.00 bits per heavy atom. The first-order valence-electron chi connectivity index (χ1n) is 9.42. The maximum absolute atomic E-state index is 12.7. The minimum atomic E-state index is -4.44. The first-order chi connectivity index (χ1) is 13.4. The second-order valence-corrected chi connectivity index (χ2v) is 7.17. The first kappa shape index (κ1) is 18.7. The van der Waals surface area contributed by atoms with Gasteiger partial charge in [0.25, 0.3) is 5.91 Å². The van der Waals surface area contributed by atoms with Crippen LogP contribution >= 0.6 is 0 Å². The van der Waals surface area contributed by atoms with Crippen LogP contribution in [0.25, 0.3) is 0 Å². The van der Waals surface area contributed by atoms with E-state index in [4.69, 9.17) is 0 Å². The quantitative estimate of drug-likeness (QED) is 0.801. The number of nitrogens with zero attached hydrogens (tertiary/aromatic N) is 6. The molecule has 10 heteroatoms. The van der Waals surface area contributed by atoms with E-state index in [1.54, 1.807) is 11.0 Å². The Morgan fingerprint density at radius 2 is 1.71 bits per heavy atom. The summed E-state index contributed by atoms with van der Waals surface area (Å²) < 4.78 is 39.5. The predicted octanol–water partition coefficient (Wildman–Crippen LogP) is 2.77. The van der Waals surface area contributed by atoms with Gasteiger partial charge in [0, 0.05) is 32.4 Å². The molecular formula is C18H21F3N6O. The standard InChI is InChI=1S/C18H21F3N6O/c19-18(20,21)15-7-12-27(24-15)13-5-10-26(11-6-13)17(28)14-3-4-16(23-22-14)25-8-1-2-9-25/h3-4,7,12-13H,1-2,5-6,8-11H2. The number of carbonyl (C=O) groups is 1. The molecule has 0 aromatic carbocycles. The van der Waals surface area contributed by atoms with Crippen molar-refractivity contribution in [1.82, 2.24) is 24.9 Å². The van der Waals surface area contributed by atoms with Gasteiger partial charge in [0.15, 0.2) is 17.2 Å². The van der Waals surface area contributed by atoms with Crippen LogP contribution in [0.2, 0.25) is 0 Å². The SMILES string of the molecule is O=C(c1ccc(N2CCCC2)nn1)N1CCC(n2ccc(C(F)(F)F)n2)CC1. The van der Waals surface area contributed by atoms with Crippen LogP contribution in [0.3, 0.4) is 0 Å². The molecule has 0 aliphatic carbocycles. The van der Waals surface area contributed by atoms with Crippen molar-refractivity contribution < 1.29 is 18.0 Å². The third kappa shape index (κ3) is 3.81. The largest absolute Gasteiger partial charge is 0.435 e. The maximum Gasteiger partial charge on any atom is 0.435 e. The van der Waals surface area contributed by atoms with E-state index >= 15 is 0 Å². The van der Waals surface area contributed by atoms with E-state index < -0.39 is 11.9 Å². The minimum Gasteiger partial charge on any atom is -0.355 e. The molecule has 0 unspecified atom stereocenters. The number of carbonyl (C=O) groups excluding carboxylic acids is 1. The van der Waals surface area contributed by atoms with Crippen molar-refractivity contribution in [3.8, 4) is 0 Å². The smallest absolute Gasteiger partial charge is 0.355 e. The van der Waals surface area contributed by atoms with E-state index in [1.165, 1.54) is 10.9 Å². The van der Waals surface area contributed by atoms with Crippen molar-refractivity contribution in [3.63, 3.8) is 0 Å². The van der Waals surface area contributed by atoms with Crippen molar-refractivity contribution in [2.75, 3.05) is 31.1 Å². The number of halogens is 3. The van der Waals surface area contributed by atoms with Gasteiger partial charge < -0.3 is 9.80 Å². The highest BCUT2D eigenvalue weighted by Gasteiger charge is 2.34. The van der Waals surface area contributed by atoms with Crippen LogP contribution in [0.5, 0.6) is 0 Å². The normalized spacial score (nSPS) is 18.7. The second-order valence-electron chi connectivity index (χ2n) is 7.17. The van der Waals surface area contributed by atoms with Gasteiger partial charge in [-0.15, -0.1) is 10.2 Å². The Balaban J connectivity index is 1.35. The van der Waals surface area contributed by atoms with Crippen molar-refractivity contribution in [2.24, 2.45) is 0 Å². The number of aromatic nitrogens is 4. The molecule has 2 aromatic heterocycles. The predicted molar refractivity (Wildman–Crippen MR) is 94.9 cm³/mol. The molecule has 4 rings (SSSR count). The molecule has 28 heavy (non-hydrogen) atoms. The zero-order valence-corrected chi connectivity index (χ0v) is 15.3. The summed E-state index contributed by atoms with van der Waals surface area (Å²) >= 11 is 0. The van der Waals surface area contributed by atoms with Crippen molar-refractivity contribution >= 4 is 11.7 Å². The average molecular weight is 394 g/mol. The number of hydrogen-bond donors (Lipinski definition) is 0. The maximum atomic E-state index is 12.7. The molecule has 1 amide bonds. The first-order valence-corrected chi connectivity index (χ1v) is 9.42. The molecule has 2 aliphatic rings. The number of likely N-dealkylation sites (tertiary alicyclic amines) is 1. The summed E-state index contributed by atoms with van der Waals surface area (Å²) in [6.45, 7) is 2.80. The Morgan fingerprint density at radius 3 is 2.29 bits per heavy atom. The number of anilines is 1. The van der Waals surface area contributed by atoms with Crippen LogP contribution in [0.1, 0.15) is 47.9 Å². The van der Waals surface area contributed by atoms with E-state index in [9.17, 15) is 18.0 Å². The highest BCUT2D eigenvalue weighted by molar-refractivity contribution is 5.92. The summed E-state index contributed by atoms with van der Waals surface area (Å²) in [4.78, 5) is 16.5. The molecule has 2 aromatic rings. The molecule has 4 heterocycles. The lowest BCUT2D eigenvalue weighted by Crippen LogP contribution is -2.39. The number of alkyl halides is 3. The molecule has 2 saturated heterocycles. The topological polar surface area (TPSA) is 67.2 Å². The lowest BCUT2D eigenvalue weighted by molar-refractivity contribution is -0.141. The van der Waals surface area contributed by atoms with Gasteiger partial charge in [-0.1, -0.05) is 0 Å². The van der Waals surface area contributed by atoms with Gasteiger partial charge in [-0.25, -0.2) is 0 Å². The minimum absolute atomic E-state index is 0.149. The summed E-state index contributed by atoms with van der Waals surface area (Å²) in [5.74, 6) is 0.585. The lowest BCUT2D eigenvalue weighted by atomic mass is 10.0. The third-order valence-electron chi connectivity index (χ3n) is 5.32. The Kier molecular flexibility index (Phi) is 4.94. The van der Waals surface area contributed by atoms with E-state index in [1.807, 2.05) is 6.07 Å². The fourth-order valence-corrected chi connectivity index (χ4v) is 3.74. The van der Waals surface area contributed by atoms with Gasteiger partial charge in [-0.05, 0) is 43.9 Å². The highest BCUT2D eigenvalue weighted by atomic mass is 19.4. The summed E-state index contributed by atoms with van der Waals surface area (Å²) in [5, 5.41) is 11.9. The van der Waals surface area contributed by atoms with Crippen LogP contribution in [0.4, 0.5) is 19.0 Å². The van der Waals surface area contributed by atoms with E-state index in [0.717, 1.165) is 37.8 Å². The van der Waals surface area contributed by atoms with Gasteiger partial charge in [-0.3, -0.25) is 9.48 Å². The highest BCUT2D eigenvalue weighted by Crippen LogP contribution is 2.30. The zero-order chi connectivity index (χ0) is 19.7. The summed E-state index contributed by atoms with van der Waals surface area (Å²) in [6.07, 6.45) is 0.277. The molecule has 150 valence electrons. The Hall–Kier alpha value is -2.65. The fourth-order valence-electron chi connectivity index (χ4n) is 3.74. The van der Waals surface area contributed by atoms with Crippen LogP contribution in [-0.4, -0.2) is 57.0 Å². The number of rotatable bonds is 3. The van der Waals surface area contributed by atoms with Crippen molar-refractivity contribution in [3.05, 3.63) is 35.8 Å². The van der Waals surface area contributed by atoms with Crippen LogP contribution < -0.4 is 4.90 Å². The Labute approximate surface area is 160 Å². The summed E-state index contributed by atoms with van der Waals surface area (Å²) in [5.41, 5.74) is -0.598. The van der Waals surface area contributed by atoms with Gasteiger partial charge >= 0.3 is 6.18 Å². The zero-order valence-electron chi connectivity index (χ0n) is 15.3. The molecule has 0 atom stereocenters. The Bertz CT molecular complexity index is 821. The average Bonchev–Trinajstić information content (AvgIpc) is 3.39. The lowest BCUT2D eigenvalue weighted by Gasteiger charge is -2.31. The van der Waals surface area contributed by atoms with Crippen LogP contribution in [-0.2, 0) is 6.18 Å². The van der Waals surface area contributed by atoms with Crippen LogP contribution in [0, 0.1) is 0 Å². The van der Waals surface area contributed by atoms with E-state index in [0.29, 0.717) is 31.6 Å². The van der Waals surface area contributed by atoms with Crippen molar-refractivity contribution in [2.45, 2.75) is 37.9 Å². The van der Waals surface area contributed by atoms with Crippen LogP contribution in [0.15, 0.2) is 24.4 Å². The van der Waals surface area contributed by atoms with Gasteiger partial charge in [0.2, 0.25) is 0 Å². The summed E-state index contributed by atoms with van der Waals surface area (Å²) in [7, 11) is 0. The molecule has 0 spiro atoms. The van der Waals surface area contributed by atoms with E-state index in [-0.39, 0.29) is 11.9 Å². The molecular weight excluding hydrogens is 373 g/mol. The molecule has 2 fully saturated rings. The molecule has 0 saturated carbocycles. The molecule has 0 N–H and O–H groups in total. The third-order valence-corrected chi connectivity index (χ3v) is 5.32. The van der Waals surface area contributed by atoms with E-state index in [2.05, 4.69) is 20.2 Å². The summed E-state index contributed by atoms with van der Waals surface area (Å²) in [6, 6.07) is 4.34. The number of hydrogen-bond acceptors (Lipinski definition) is 5. The van der Waals surface area contributed by atoms with Gasteiger partial charge in [-0.2, -0.15) is 18.3 Å². The fraction of sp³-hybridized carbons (Fsp3) is 0.556. The molecule has 2 aliphatic heterocycles. The van der Waals surface area contributed by atoms with Crippen molar-refractivity contribution in [1.29, 1.82) is 0 Å². The number of amides is 1. The monoisotopic (exact) mass is 394 g/mol. The van der Waals surface area contributed by atoms with Gasteiger partial charge in [0.05, 0.1) is 6.04 Å². The molecule has 7 nitrogen and oxygen atoms in total.